The van der Waals surface area contributed by atoms with E-state index in [0.717, 1.165) is 6.07 Å². The zero-order valence-electron chi connectivity index (χ0n) is 7.88. The van der Waals surface area contributed by atoms with Crippen LogP contribution in [-0.4, -0.2) is 10.9 Å². The van der Waals surface area contributed by atoms with E-state index in [-0.39, 0.29) is 22.7 Å². The average Bonchev–Trinajstić information content (AvgIpc) is 2.15. The molecule has 0 bridgehead atoms. The van der Waals surface area contributed by atoms with Crippen LogP contribution in [0.15, 0.2) is 18.2 Å². The molecular weight excluding hydrogens is 270 g/mol. The highest BCUT2D eigenvalue weighted by atomic mass is 79.9. The molecule has 1 atom stereocenters. The Morgan fingerprint density at radius 2 is 2.00 bits per heavy atom. The molecule has 2 nitrogen and oxygen atoms in total. The van der Waals surface area contributed by atoms with Crippen LogP contribution >= 0.6 is 15.9 Å². The van der Waals surface area contributed by atoms with Crippen LogP contribution in [-0.2, 0) is 4.79 Å². The number of ketones is 1. The number of carbonyl (C=O) groups is 1. The summed E-state index contributed by atoms with van der Waals surface area (Å²) in [7, 11) is 0. The molecule has 0 saturated heterocycles. The third-order valence-electron chi connectivity index (χ3n) is 1.94. The van der Waals surface area contributed by atoms with Gasteiger partial charge in [0, 0.05) is 5.56 Å². The Labute approximate surface area is 94.0 Å². The Balaban J connectivity index is 3.24. The van der Waals surface area contributed by atoms with Crippen molar-refractivity contribution in [1.29, 1.82) is 0 Å². The topological polar surface area (TPSA) is 37.3 Å². The molecular formula is C10H9BrF2O2. The van der Waals surface area contributed by atoms with Gasteiger partial charge in [-0.05, 0) is 30.7 Å². The van der Waals surface area contributed by atoms with Crippen LogP contribution in [0.25, 0.3) is 0 Å². The number of hydrogen-bond acceptors (Lipinski definition) is 2. The Kier molecular flexibility index (Phi) is 3.79. The van der Waals surface area contributed by atoms with Crippen LogP contribution in [0.2, 0.25) is 0 Å². The first kappa shape index (κ1) is 12.1. The van der Waals surface area contributed by atoms with E-state index >= 15 is 0 Å². The van der Waals surface area contributed by atoms with Gasteiger partial charge < -0.3 is 5.11 Å². The number of aromatic hydroxyl groups is 1. The summed E-state index contributed by atoms with van der Waals surface area (Å²) in [5.74, 6) is -0.428. The molecule has 0 aromatic heterocycles. The highest BCUT2D eigenvalue weighted by Gasteiger charge is 2.21. The van der Waals surface area contributed by atoms with E-state index in [0.29, 0.717) is 0 Å². The van der Waals surface area contributed by atoms with E-state index in [1.807, 2.05) is 0 Å². The van der Waals surface area contributed by atoms with Gasteiger partial charge >= 0.3 is 0 Å². The molecule has 1 aromatic carbocycles. The van der Waals surface area contributed by atoms with Crippen molar-refractivity contribution in [3.05, 3.63) is 29.3 Å². The van der Waals surface area contributed by atoms with E-state index in [9.17, 15) is 18.7 Å². The number of carbonyl (C=O) groups excluding carboxylic acids is 1. The molecule has 0 amide bonds. The minimum Gasteiger partial charge on any atom is -0.508 e. The highest BCUT2D eigenvalue weighted by molar-refractivity contribution is 9.09. The van der Waals surface area contributed by atoms with Gasteiger partial charge in [-0.2, -0.15) is 0 Å². The fraction of sp³-hybridized carbons (Fsp3) is 0.300. The number of phenols is 1. The number of hydrogen-bond donors (Lipinski definition) is 1. The van der Waals surface area contributed by atoms with Crippen molar-refractivity contribution in [2.24, 2.45) is 0 Å². The second-order valence-corrected chi connectivity index (χ2v) is 4.00. The van der Waals surface area contributed by atoms with Crippen molar-refractivity contribution in [3.8, 4) is 5.75 Å². The third kappa shape index (κ3) is 2.75. The molecule has 1 rings (SSSR count). The van der Waals surface area contributed by atoms with Gasteiger partial charge in [-0.1, -0.05) is 15.9 Å². The lowest BCUT2D eigenvalue weighted by atomic mass is 10.0. The fourth-order valence-electron chi connectivity index (χ4n) is 1.20. The van der Waals surface area contributed by atoms with Crippen molar-refractivity contribution in [2.45, 2.75) is 18.2 Å². The van der Waals surface area contributed by atoms with Gasteiger partial charge in [0.15, 0.2) is 0 Å². The number of phenolic OH excluding ortho intramolecular Hbond substituents is 1. The first-order valence-corrected chi connectivity index (χ1v) is 5.10. The monoisotopic (exact) mass is 278 g/mol. The Morgan fingerprint density at radius 3 is 2.47 bits per heavy atom. The lowest BCUT2D eigenvalue weighted by Gasteiger charge is -2.12. The second-order valence-electron chi connectivity index (χ2n) is 3.09. The molecule has 0 saturated carbocycles. The molecule has 5 heteroatoms. The molecule has 0 aliphatic heterocycles. The third-order valence-corrected chi connectivity index (χ3v) is 3.07. The quantitative estimate of drug-likeness (QED) is 0.861. The molecule has 1 N–H and O–H groups in total. The number of benzene rings is 1. The van der Waals surface area contributed by atoms with Gasteiger partial charge in [0.1, 0.15) is 11.5 Å². The lowest BCUT2D eigenvalue weighted by molar-refractivity contribution is -0.116. The summed E-state index contributed by atoms with van der Waals surface area (Å²) in [5.41, 5.74) is -0.137. The SMILES string of the molecule is CC(=O)C(Br)c1cc(O)ccc1C(F)F. The number of halogens is 3. The van der Waals surface area contributed by atoms with Crippen molar-refractivity contribution in [3.63, 3.8) is 0 Å². The van der Waals surface area contributed by atoms with Crippen LogP contribution in [0.3, 0.4) is 0 Å². The van der Waals surface area contributed by atoms with Gasteiger partial charge in [-0.3, -0.25) is 4.79 Å². The first-order valence-electron chi connectivity index (χ1n) is 4.19. The van der Waals surface area contributed by atoms with Gasteiger partial charge in [0.05, 0.1) is 4.83 Å². The number of Topliss-reactive ketones (excluding diaryl/α,β-unsaturated/α-hetero) is 1. The Morgan fingerprint density at radius 1 is 1.40 bits per heavy atom. The summed E-state index contributed by atoms with van der Waals surface area (Å²) in [6.07, 6.45) is -2.67. The molecule has 0 spiro atoms. The van der Waals surface area contributed by atoms with E-state index < -0.39 is 11.3 Å². The molecule has 0 fully saturated rings. The summed E-state index contributed by atoms with van der Waals surface area (Å²) in [4.78, 5) is 10.2. The Bertz CT molecular complexity index is 380. The van der Waals surface area contributed by atoms with Crippen LogP contribution in [0.1, 0.15) is 29.3 Å². The second kappa shape index (κ2) is 4.70. The normalized spacial score (nSPS) is 12.9. The summed E-state index contributed by atoms with van der Waals surface area (Å²) in [6, 6.07) is 3.46. The lowest BCUT2D eigenvalue weighted by Crippen LogP contribution is -2.05. The fourth-order valence-corrected chi connectivity index (χ4v) is 1.60. The predicted octanol–water partition coefficient (Wildman–Crippen LogP) is 3.35. The molecule has 82 valence electrons. The smallest absolute Gasteiger partial charge is 0.264 e. The molecule has 15 heavy (non-hydrogen) atoms. The molecule has 0 aliphatic rings. The largest absolute Gasteiger partial charge is 0.508 e. The van der Waals surface area contributed by atoms with Gasteiger partial charge in [-0.25, -0.2) is 8.78 Å². The maximum atomic E-state index is 12.6. The van der Waals surface area contributed by atoms with Crippen LogP contribution in [0.5, 0.6) is 5.75 Å². The maximum Gasteiger partial charge on any atom is 0.264 e. The van der Waals surface area contributed by atoms with E-state index in [1.54, 1.807) is 0 Å². The van der Waals surface area contributed by atoms with Crippen LogP contribution < -0.4 is 0 Å². The molecule has 0 aliphatic carbocycles. The van der Waals surface area contributed by atoms with Crippen molar-refractivity contribution >= 4 is 21.7 Å². The maximum absolute atomic E-state index is 12.6. The van der Waals surface area contributed by atoms with Gasteiger partial charge in [-0.15, -0.1) is 0 Å². The zero-order valence-corrected chi connectivity index (χ0v) is 9.46. The van der Waals surface area contributed by atoms with Crippen LogP contribution in [0, 0.1) is 0 Å². The summed E-state index contributed by atoms with van der Waals surface area (Å²) < 4.78 is 25.1. The summed E-state index contributed by atoms with van der Waals surface area (Å²) >= 11 is 3.01. The van der Waals surface area contributed by atoms with Crippen LogP contribution in [0.4, 0.5) is 8.78 Å². The predicted molar refractivity (Wildman–Crippen MR) is 55.4 cm³/mol. The van der Waals surface area contributed by atoms with Gasteiger partial charge in [0.2, 0.25) is 0 Å². The van der Waals surface area contributed by atoms with Gasteiger partial charge in [0.25, 0.3) is 6.43 Å². The molecule has 1 unspecified atom stereocenters. The summed E-state index contributed by atoms with van der Waals surface area (Å²) in [6.45, 7) is 1.29. The van der Waals surface area contributed by atoms with E-state index in [1.165, 1.54) is 19.1 Å². The summed E-state index contributed by atoms with van der Waals surface area (Å²) in [5, 5.41) is 9.17. The number of rotatable bonds is 3. The average molecular weight is 279 g/mol. The highest BCUT2D eigenvalue weighted by Crippen LogP contribution is 2.34. The standard InChI is InChI=1S/C10H9BrF2O2/c1-5(14)9(11)8-4-6(15)2-3-7(8)10(12)13/h2-4,9-10,15H,1H3. The molecule has 0 radical (unpaired) electrons. The Hall–Kier alpha value is -0.970. The van der Waals surface area contributed by atoms with Crippen molar-refractivity contribution in [2.75, 3.05) is 0 Å². The van der Waals surface area contributed by atoms with Crippen molar-refractivity contribution in [1.82, 2.24) is 0 Å². The number of alkyl halides is 3. The minimum absolute atomic E-state index is 0.109. The minimum atomic E-state index is -2.67. The molecule has 1 aromatic rings. The van der Waals surface area contributed by atoms with E-state index in [4.69, 9.17) is 0 Å². The van der Waals surface area contributed by atoms with E-state index in [2.05, 4.69) is 15.9 Å². The van der Waals surface area contributed by atoms with Crippen molar-refractivity contribution < 1.29 is 18.7 Å². The zero-order chi connectivity index (χ0) is 11.6. The molecule has 0 heterocycles. The first-order chi connectivity index (χ1) is 6.93.